The van der Waals surface area contributed by atoms with Crippen molar-refractivity contribution in [3.8, 4) is 0 Å². The molecule has 1 fully saturated rings. The first-order valence-electron chi connectivity index (χ1n) is 8.48. The number of carbonyl (C=O) groups excluding carboxylic acids is 1. The van der Waals surface area contributed by atoms with E-state index in [4.69, 9.17) is 0 Å². The largest absolute Gasteiger partial charge is 0.329 e. The number of hydrogen-bond acceptors (Lipinski definition) is 3. The van der Waals surface area contributed by atoms with E-state index in [1.807, 2.05) is 24.1 Å². The van der Waals surface area contributed by atoms with Gasteiger partial charge in [0, 0.05) is 33.6 Å². The van der Waals surface area contributed by atoms with Crippen molar-refractivity contribution < 1.29 is 4.79 Å². The third-order valence-electron chi connectivity index (χ3n) is 4.76. The molecule has 4 heteroatoms. The van der Waals surface area contributed by atoms with Crippen molar-refractivity contribution in [3.05, 3.63) is 71.8 Å². The molecule has 1 N–H and O–H groups in total. The van der Waals surface area contributed by atoms with Gasteiger partial charge in [0.2, 0.25) is 5.91 Å². The summed E-state index contributed by atoms with van der Waals surface area (Å²) in [5.74, 6) is 0.0913. The molecular weight excluding hydrogens is 298 g/mol. The summed E-state index contributed by atoms with van der Waals surface area (Å²) in [6.45, 7) is 4.24. The van der Waals surface area contributed by atoms with Crippen LogP contribution in [0.15, 0.2) is 60.7 Å². The molecule has 2 aromatic carbocycles. The minimum atomic E-state index is 0.0432. The maximum atomic E-state index is 12.0. The predicted octanol–water partition coefficient (Wildman–Crippen LogP) is 2.49. The molecule has 1 aliphatic rings. The van der Waals surface area contributed by atoms with E-state index in [-0.39, 0.29) is 18.1 Å². The van der Waals surface area contributed by atoms with Gasteiger partial charge in [-0.1, -0.05) is 60.7 Å². The number of piperazine rings is 1. The predicted molar refractivity (Wildman–Crippen MR) is 96.5 cm³/mol. The standard InChI is InChI=1S/C20H25N3O/c1-16(24)22(2)19-15-21-13-14-23(19)20(17-9-5-3-6-10-17)18-11-7-4-8-12-18/h3-12,19-21H,13-15H2,1-2H3. The van der Waals surface area contributed by atoms with Crippen LogP contribution in [0.1, 0.15) is 24.1 Å². The van der Waals surface area contributed by atoms with E-state index in [2.05, 4.69) is 58.7 Å². The molecule has 1 aliphatic heterocycles. The van der Waals surface area contributed by atoms with Gasteiger partial charge in [-0.2, -0.15) is 0 Å². The quantitative estimate of drug-likeness (QED) is 0.939. The van der Waals surface area contributed by atoms with Crippen LogP contribution in [0.5, 0.6) is 0 Å². The number of likely N-dealkylation sites (N-methyl/N-ethyl adjacent to an activating group) is 1. The Morgan fingerprint density at radius 1 is 1.08 bits per heavy atom. The van der Waals surface area contributed by atoms with Crippen molar-refractivity contribution >= 4 is 5.91 Å². The fraction of sp³-hybridized carbons (Fsp3) is 0.350. The normalized spacial score (nSPS) is 18.5. The highest BCUT2D eigenvalue weighted by atomic mass is 16.2. The van der Waals surface area contributed by atoms with E-state index in [0.717, 1.165) is 19.6 Å². The van der Waals surface area contributed by atoms with E-state index in [1.54, 1.807) is 6.92 Å². The van der Waals surface area contributed by atoms with Crippen LogP contribution < -0.4 is 5.32 Å². The number of hydrogen-bond donors (Lipinski definition) is 1. The summed E-state index contributed by atoms with van der Waals surface area (Å²) in [6, 6.07) is 21.2. The Hall–Kier alpha value is -2.17. The first-order chi connectivity index (χ1) is 11.7. The summed E-state index contributed by atoms with van der Waals surface area (Å²) < 4.78 is 0. The van der Waals surface area contributed by atoms with Crippen LogP contribution in [0.3, 0.4) is 0 Å². The second kappa shape index (κ2) is 7.60. The van der Waals surface area contributed by atoms with Crippen molar-refractivity contribution in [1.29, 1.82) is 0 Å². The zero-order valence-corrected chi connectivity index (χ0v) is 14.4. The molecular formula is C20H25N3O. The molecule has 1 unspecified atom stereocenters. The molecule has 126 valence electrons. The van der Waals surface area contributed by atoms with Crippen molar-refractivity contribution in [3.63, 3.8) is 0 Å². The Labute approximate surface area is 144 Å². The number of amides is 1. The van der Waals surface area contributed by atoms with Gasteiger partial charge in [0.15, 0.2) is 0 Å². The summed E-state index contributed by atoms with van der Waals surface area (Å²) in [4.78, 5) is 16.2. The molecule has 3 rings (SSSR count). The van der Waals surface area contributed by atoms with Crippen LogP contribution in [-0.2, 0) is 4.79 Å². The number of carbonyl (C=O) groups is 1. The molecule has 24 heavy (non-hydrogen) atoms. The first-order valence-corrected chi connectivity index (χ1v) is 8.48. The summed E-state index contributed by atoms with van der Waals surface area (Å²) in [5, 5.41) is 3.42. The summed E-state index contributed by atoms with van der Waals surface area (Å²) >= 11 is 0. The van der Waals surface area contributed by atoms with Gasteiger partial charge in [0.05, 0.1) is 12.2 Å². The molecule has 4 nitrogen and oxygen atoms in total. The van der Waals surface area contributed by atoms with Crippen LogP contribution in [0.2, 0.25) is 0 Å². The highest BCUT2D eigenvalue weighted by Gasteiger charge is 2.33. The summed E-state index contributed by atoms with van der Waals surface area (Å²) in [7, 11) is 1.89. The van der Waals surface area contributed by atoms with Crippen molar-refractivity contribution in [2.24, 2.45) is 0 Å². The van der Waals surface area contributed by atoms with Gasteiger partial charge in [-0.15, -0.1) is 0 Å². The second-order valence-corrected chi connectivity index (χ2v) is 6.28. The number of rotatable bonds is 4. The van der Waals surface area contributed by atoms with Gasteiger partial charge in [-0.25, -0.2) is 0 Å². The minimum absolute atomic E-state index is 0.0432. The van der Waals surface area contributed by atoms with Gasteiger partial charge < -0.3 is 10.2 Å². The molecule has 0 aliphatic carbocycles. The van der Waals surface area contributed by atoms with E-state index >= 15 is 0 Å². The van der Waals surface area contributed by atoms with Gasteiger partial charge in [0.25, 0.3) is 0 Å². The van der Waals surface area contributed by atoms with Crippen LogP contribution >= 0.6 is 0 Å². The SMILES string of the molecule is CC(=O)N(C)C1CNCCN1C(c1ccccc1)c1ccccc1. The molecule has 0 spiro atoms. The third-order valence-corrected chi connectivity index (χ3v) is 4.76. The Balaban J connectivity index is 2.02. The molecule has 1 amide bonds. The Morgan fingerprint density at radius 2 is 1.62 bits per heavy atom. The maximum Gasteiger partial charge on any atom is 0.220 e. The fourth-order valence-electron chi connectivity index (χ4n) is 3.42. The Morgan fingerprint density at radius 3 is 2.12 bits per heavy atom. The third kappa shape index (κ3) is 3.50. The van der Waals surface area contributed by atoms with Crippen molar-refractivity contribution in [2.75, 3.05) is 26.7 Å². The van der Waals surface area contributed by atoms with Crippen molar-refractivity contribution in [1.82, 2.24) is 15.1 Å². The molecule has 0 aromatic heterocycles. The van der Waals surface area contributed by atoms with Crippen LogP contribution in [0, 0.1) is 0 Å². The van der Waals surface area contributed by atoms with Gasteiger partial charge in [0.1, 0.15) is 0 Å². The number of nitrogens with one attached hydrogen (secondary N) is 1. The highest BCUT2D eigenvalue weighted by Crippen LogP contribution is 2.31. The van der Waals surface area contributed by atoms with Gasteiger partial charge >= 0.3 is 0 Å². The maximum absolute atomic E-state index is 12.0. The van der Waals surface area contributed by atoms with Gasteiger partial charge in [-0.05, 0) is 11.1 Å². The number of benzene rings is 2. The first kappa shape index (κ1) is 16.7. The number of nitrogens with zero attached hydrogens (tertiary/aromatic N) is 2. The molecule has 1 atom stereocenters. The van der Waals surface area contributed by atoms with E-state index in [0.29, 0.717) is 0 Å². The lowest BCUT2D eigenvalue weighted by molar-refractivity contribution is -0.134. The molecule has 0 bridgehead atoms. The fourth-order valence-corrected chi connectivity index (χ4v) is 3.42. The highest BCUT2D eigenvalue weighted by molar-refractivity contribution is 5.73. The van der Waals surface area contributed by atoms with E-state index < -0.39 is 0 Å². The van der Waals surface area contributed by atoms with Crippen LogP contribution in [-0.4, -0.2) is 48.6 Å². The Kier molecular flexibility index (Phi) is 5.28. The average Bonchev–Trinajstić information content (AvgIpc) is 2.63. The van der Waals surface area contributed by atoms with E-state index in [9.17, 15) is 4.79 Å². The van der Waals surface area contributed by atoms with Crippen molar-refractivity contribution in [2.45, 2.75) is 19.1 Å². The topological polar surface area (TPSA) is 35.6 Å². The molecule has 0 radical (unpaired) electrons. The zero-order chi connectivity index (χ0) is 16.9. The summed E-state index contributed by atoms with van der Waals surface area (Å²) in [5.41, 5.74) is 2.51. The van der Waals surface area contributed by atoms with Crippen LogP contribution in [0.25, 0.3) is 0 Å². The zero-order valence-electron chi connectivity index (χ0n) is 14.4. The lowest BCUT2D eigenvalue weighted by Crippen LogP contribution is -2.60. The monoisotopic (exact) mass is 323 g/mol. The molecule has 0 saturated carbocycles. The van der Waals surface area contributed by atoms with Crippen LogP contribution in [0.4, 0.5) is 0 Å². The molecule has 1 heterocycles. The van der Waals surface area contributed by atoms with E-state index in [1.165, 1.54) is 11.1 Å². The van der Waals surface area contributed by atoms with Gasteiger partial charge in [-0.3, -0.25) is 9.69 Å². The second-order valence-electron chi connectivity index (χ2n) is 6.28. The lowest BCUT2D eigenvalue weighted by atomic mass is 9.95. The Bertz CT molecular complexity index is 620. The summed E-state index contributed by atoms with van der Waals surface area (Å²) in [6.07, 6.45) is 0.0432. The molecule has 1 saturated heterocycles. The lowest BCUT2D eigenvalue weighted by Gasteiger charge is -2.45. The molecule has 2 aromatic rings. The smallest absolute Gasteiger partial charge is 0.220 e. The minimum Gasteiger partial charge on any atom is -0.329 e. The average molecular weight is 323 g/mol.